The van der Waals surface area contributed by atoms with Gasteiger partial charge < -0.3 is 9.30 Å². The highest BCUT2D eigenvalue weighted by atomic mass is 15.1. The molecule has 0 atom stereocenters. The Morgan fingerprint density at radius 1 is 0.344 bits per heavy atom. The molecule has 2 heterocycles. The van der Waals surface area contributed by atoms with Crippen molar-refractivity contribution >= 4 is 44.3 Å². The van der Waals surface area contributed by atoms with Gasteiger partial charge in [-0.05, 0) is 115 Å². The van der Waals surface area contributed by atoms with Crippen LogP contribution in [0.5, 0.6) is 0 Å². The largest absolute Gasteiger partial charge is 0.316 e. The van der Waals surface area contributed by atoms with Crippen LogP contribution in [0, 0.1) is 0 Å². The fraction of sp³-hybridized carbons (Fsp3) is 0.0169. The first-order valence-electron chi connectivity index (χ1n) is 21.1. The Morgan fingerprint density at radius 3 is 1.70 bits per heavy atom. The van der Waals surface area contributed by atoms with E-state index in [9.17, 15) is 0 Å². The van der Waals surface area contributed by atoms with E-state index < -0.39 is 5.41 Å². The van der Waals surface area contributed by atoms with Gasteiger partial charge in [0.05, 0.1) is 16.4 Å². The zero-order valence-corrected chi connectivity index (χ0v) is 33.5. The van der Waals surface area contributed by atoms with Crippen LogP contribution in [0.3, 0.4) is 0 Å². The molecule has 2 heteroatoms. The molecule has 9 aromatic carbocycles. The Morgan fingerprint density at radius 2 is 0.934 bits per heavy atom. The molecule has 0 N–H and O–H groups in total. The molecule has 0 fully saturated rings. The summed E-state index contributed by atoms with van der Waals surface area (Å²) in [6, 6.07) is 86.8. The normalized spacial score (nSPS) is 12.7. The van der Waals surface area contributed by atoms with Crippen LogP contribution in [-0.4, -0.2) is 4.40 Å². The molecule has 0 saturated heterocycles. The molecule has 1 aliphatic carbocycles. The summed E-state index contributed by atoms with van der Waals surface area (Å²) in [5, 5.41) is 3.75. The molecule has 2 aromatic heterocycles. The first-order valence-corrected chi connectivity index (χ1v) is 21.1. The highest BCUT2D eigenvalue weighted by Gasteiger charge is 2.46. The zero-order valence-electron chi connectivity index (χ0n) is 33.5. The first kappa shape index (κ1) is 35.0. The minimum atomic E-state index is -0.499. The summed E-state index contributed by atoms with van der Waals surface area (Å²) in [5.74, 6) is 0. The number of benzene rings is 9. The Hall–Kier alpha value is -7.94. The highest BCUT2D eigenvalue weighted by molar-refractivity contribution is 6.22. The van der Waals surface area contributed by atoms with Gasteiger partial charge in [0.15, 0.2) is 0 Å². The average Bonchev–Trinajstić information content (AvgIpc) is 3.84. The zero-order chi connectivity index (χ0) is 40.3. The fourth-order valence-electron chi connectivity index (χ4n) is 10.4. The van der Waals surface area contributed by atoms with Crippen LogP contribution in [0.4, 0.5) is 17.1 Å². The SMILES string of the molecule is c1ccc(-c2c3c4c(-c5cccc(N(c6ccccc6)c6ccc7c(c6)C(c6ccccc6)(c6ccccc6)c6ccccc6-7)c5)cccc4ccc3n3ccccc23)cc1. The quantitative estimate of drug-likeness (QED) is 0.156. The maximum Gasteiger partial charge on any atom is 0.0714 e. The summed E-state index contributed by atoms with van der Waals surface area (Å²) in [6.45, 7) is 0. The van der Waals surface area contributed by atoms with Gasteiger partial charge in [0.2, 0.25) is 0 Å². The molecule has 1 aliphatic rings. The monoisotopic (exact) mass is 776 g/mol. The minimum absolute atomic E-state index is 0.499. The first-order chi connectivity index (χ1) is 30.3. The van der Waals surface area contributed by atoms with Crippen molar-refractivity contribution in [3.63, 3.8) is 0 Å². The molecule has 2 nitrogen and oxygen atoms in total. The van der Waals surface area contributed by atoms with E-state index in [1.807, 2.05) is 0 Å². The lowest BCUT2D eigenvalue weighted by atomic mass is 9.67. The van der Waals surface area contributed by atoms with E-state index in [0.717, 1.165) is 17.1 Å². The molecule has 61 heavy (non-hydrogen) atoms. The summed E-state index contributed by atoms with van der Waals surface area (Å²) in [5.41, 5.74) is 17.7. The van der Waals surface area contributed by atoms with Crippen LogP contribution in [-0.2, 0) is 5.41 Å². The third-order valence-electron chi connectivity index (χ3n) is 12.8. The van der Waals surface area contributed by atoms with Crippen molar-refractivity contribution in [2.24, 2.45) is 0 Å². The van der Waals surface area contributed by atoms with Crippen molar-refractivity contribution in [1.29, 1.82) is 0 Å². The van der Waals surface area contributed by atoms with Crippen LogP contribution in [0.1, 0.15) is 22.3 Å². The highest BCUT2D eigenvalue weighted by Crippen LogP contribution is 2.57. The number of fused-ring (bicyclic) bond motifs is 8. The third kappa shape index (κ3) is 5.36. The predicted molar refractivity (Wildman–Crippen MR) is 255 cm³/mol. The van der Waals surface area contributed by atoms with Gasteiger partial charge in [0.25, 0.3) is 0 Å². The maximum absolute atomic E-state index is 2.45. The molecule has 0 unspecified atom stereocenters. The second-order valence-corrected chi connectivity index (χ2v) is 16.0. The molecule has 0 bridgehead atoms. The van der Waals surface area contributed by atoms with E-state index >= 15 is 0 Å². The predicted octanol–water partition coefficient (Wildman–Crippen LogP) is 15.4. The molecule has 12 rings (SSSR count). The van der Waals surface area contributed by atoms with Gasteiger partial charge in [-0.2, -0.15) is 0 Å². The van der Waals surface area contributed by atoms with Crippen molar-refractivity contribution in [2.45, 2.75) is 5.41 Å². The Bertz CT molecular complexity index is 3360. The molecule has 0 saturated carbocycles. The molecular weight excluding hydrogens is 737 g/mol. The van der Waals surface area contributed by atoms with E-state index in [0.29, 0.717) is 0 Å². The van der Waals surface area contributed by atoms with Gasteiger partial charge in [0.1, 0.15) is 0 Å². The number of nitrogens with zero attached hydrogens (tertiary/aromatic N) is 2. The van der Waals surface area contributed by atoms with Crippen LogP contribution in [0.2, 0.25) is 0 Å². The number of anilines is 3. The van der Waals surface area contributed by atoms with Crippen molar-refractivity contribution in [3.8, 4) is 33.4 Å². The average molecular weight is 777 g/mol. The number of hydrogen-bond acceptors (Lipinski definition) is 1. The van der Waals surface area contributed by atoms with Gasteiger partial charge in [-0.1, -0.05) is 182 Å². The second-order valence-electron chi connectivity index (χ2n) is 16.0. The lowest BCUT2D eigenvalue weighted by Crippen LogP contribution is -2.28. The molecule has 0 radical (unpaired) electrons. The summed E-state index contributed by atoms with van der Waals surface area (Å²) in [4.78, 5) is 2.43. The molecule has 286 valence electrons. The molecular formula is C59H40N2. The Kier molecular flexibility index (Phi) is 8.11. The lowest BCUT2D eigenvalue weighted by Gasteiger charge is -2.35. The topological polar surface area (TPSA) is 7.65 Å². The van der Waals surface area contributed by atoms with Crippen molar-refractivity contribution in [1.82, 2.24) is 4.40 Å². The molecule has 0 spiro atoms. The Labute approximate surface area is 355 Å². The standard InChI is InChI=1S/C59H40N2/c1-5-19-41(20-6-1)57-54-33-15-16-38-60(54)55-37-34-42-21-18-31-49(56(42)58(55)57)43-22-17-29-47(39-43)61(46-27-11-4-12-28-46)48-35-36-51-50-30-13-14-32-52(50)59(53(51)40-48,44-23-7-2-8-24-44)45-25-9-3-10-26-45/h1-40H. The maximum atomic E-state index is 2.45. The number of para-hydroxylation sites is 1. The minimum Gasteiger partial charge on any atom is -0.316 e. The number of aromatic nitrogens is 1. The van der Waals surface area contributed by atoms with Crippen LogP contribution < -0.4 is 4.90 Å². The molecule has 11 aromatic rings. The lowest BCUT2D eigenvalue weighted by molar-refractivity contribution is 0.768. The smallest absolute Gasteiger partial charge is 0.0714 e. The van der Waals surface area contributed by atoms with Gasteiger partial charge in [-0.25, -0.2) is 0 Å². The number of hydrogen-bond donors (Lipinski definition) is 0. The van der Waals surface area contributed by atoms with Gasteiger partial charge in [-0.3, -0.25) is 0 Å². The number of rotatable bonds is 7. The van der Waals surface area contributed by atoms with Crippen LogP contribution in [0.15, 0.2) is 243 Å². The number of pyridine rings is 1. The summed E-state index contributed by atoms with van der Waals surface area (Å²) in [7, 11) is 0. The third-order valence-corrected chi connectivity index (χ3v) is 12.8. The van der Waals surface area contributed by atoms with Crippen LogP contribution in [0.25, 0.3) is 60.6 Å². The second kappa shape index (κ2) is 14.1. The van der Waals surface area contributed by atoms with Gasteiger partial charge in [0, 0.05) is 34.2 Å². The van der Waals surface area contributed by atoms with Crippen molar-refractivity contribution < 1.29 is 0 Å². The fourth-order valence-corrected chi connectivity index (χ4v) is 10.4. The van der Waals surface area contributed by atoms with E-state index in [1.165, 1.54) is 82.8 Å². The van der Waals surface area contributed by atoms with Gasteiger partial charge in [-0.15, -0.1) is 0 Å². The van der Waals surface area contributed by atoms with E-state index in [1.54, 1.807) is 0 Å². The van der Waals surface area contributed by atoms with Gasteiger partial charge >= 0.3 is 0 Å². The van der Waals surface area contributed by atoms with E-state index in [-0.39, 0.29) is 0 Å². The van der Waals surface area contributed by atoms with Crippen LogP contribution >= 0.6 is 0 Å². The van der Waals surface area contributed by atoms with E-state index in [2.05, 4.69) is 252 Å². The van der Waals surface area contributed by atoms with E-state index in [4.69, 9.17) is 0 Å². The summed E-state index contributed by atoms with van der Waals surface area (Å²) >= 11 is 0. The van der Waals surface area contributed by atoms with Crippen molar-refractivity contribution in [2.75, 3.05) is 4.90 Å². The summed E-state index contributed by atoms with van der Waals surface area (Å²) < 4.78 is 2.35. The molecule has 0 aliphatic heterocycles. The molecule has 0 amide bonds. The van der Waals surface area contributed by atoms with Crippen molar-refractivity contribution in [3.05, 3.63) is 265 Å². The Balaban J connectivity index is 1.09. The summed E-state index contributed by atoms with van der Waals surface area (Å²) in [6.07, 6.45) is 2.19.